The number of rotatable bonds is 3. The molecule has 1 aromatic carbocycles. The lowest BCUT2D eigenvalue weighted by Crippen LogP contribution is -2.26. The first-order valence-electron chi connectivity index (χ1n) is 7.31. The molecule has 0 saturated heterocycles. The molecule has 0 bridgehead atoms. The summed E-state index contributed by atoms with van der Waals surface area (Å²) in [6, 6.07) is 7.53. The number of benzene rings is 1. The number of nitrogens with two attached hydrogens (primary N) is 1. The summed E-state index contributed by atoms with van der Waals surface area (Å²) < 4.78 is 27.1. The molecule has 0 saturated carbocycles. The number of hydrogen-bond acceptors (Lipinski definition) is 5. The highest BCUT2D eigenvalue weighted by atomic mass is 32.2. The second kappa shape index (κ2) is 5.77. The summed E-state index contributed by atoms with van der Waals surface area (Å²) >= 11 is 0. The van der Waals surface area contributed by atoms with E-state index in [1.807, 2.05) is 6.92 Å². The van der Waals surface area contributed by atoms with E-state index in [9.17, 15) is 18.0 Å². The van der Waals surface area contributed by atoms with Crippen LogP contribution in [0.25, 0.3) is 11.8 Å². The van der Waals surface area contributed by atoms with Crippen molar-refractivity contribution >= 4 is 33.6 Å². The predicted molar refractivity (Wildman–Crippen MR) is 92.6 cm³/mol. The number of carbonyl (C=O) groups is 1. The molecule has 0 unspecified atom stereocenters. The Morgan fingerprint density at radius 2 is 1.84 bits per heavy atom. The number of hydrogen-bond donors (Lipinski definition) is 1. The Morgan fingerprint density at radius 3 is 2.40 bits per heavy atom. The minimum Gasteiger partial charge on any atom is -0.364 e. The average Bonchev–Trinajstić information content (AvgIpc) is 2.96. The van der Waals surface area contributed by atoms with Crippen molar-refractivity contribution in [3.63, 3.8) is 0 Å². The summed E-state index contributed by atoms with van der Waals surface area (Å²) in [5.41, 5.74) is 6.51. The van der Waals surface area contributed by atoms with Gasteiger partial charge in [-0.3, -0.25) is 4.79 Å². The van der Waals surface area contributed by atoms with E-state index >= 15 is 0 Å². The summed E-state index contributed by atoms with van der Waals surface area (Å²) in [4.78, 5) is 24.7. The third kappa shape index (κ3) is 2.57. The van der Waals surface area contributed by atoms with Gasteiger partial charge < -0.3 is 10.6 Å². The Morgan fingerprint density at radius 1 is 1.20 bits per heavy atom. The van der Waals surface area contributed by atoms with Gasteiger partial charge in [-0.2, -0.15) is 0 Å². The number of aromatic nitrogens is 1. The molecule has 0 radical (unpaired) electrons. The maximum atomic E-state index is 13.1. The van der Waals surface area contributed by atoms with Gasteiger partial charge in [-0.15, -0.1) is 0 Å². The first-order chi connectivity index (χ1) is 11.8. The lowest BCUT2D eigenvalue weighted by molar-refractivity contribution is 0.0994. The Hall–Kier alpha value is -3.09. The summed E-state index contributed by atoms with van der Waals surface area (Å²) in [6.07, 6.45) is 3.18. The van der Waals surface area contributed by atoms with Crippen LogP contribution in [0.5, 0.6) is 0 Å². The van der Waals surface area contributed by atoms with E-state index in [1.165, 1.54) is 23.1 Å². The fourth-order valence-corrected chi connectivity index (χ4v) is 4.19. The van der Waals surface area contributed by atoms with Gasteiger partial charge in [0, 0.05) is 18.8 Å². The van der Waals surface area contributed by atoms with Crippen molar-refractivity contribution in [2.75, 3.05) is 7.05 Å². The molecule has 1 aromatic heterocycles. The normalized spacial score (nSPS) is 13.5. The van der Waals surface area contributed by atoms with E-state index in [4.69, 9.17) is 5.73 Å². The fourth-order valence-electron chi connectivity index (χ4n) is 2.66. The molecule has 0 atom stereocenters. The third-order valence-corrected chi connectivity index (χ3v) is 5.68. The molecule has 0 spiro atoms. The second-order valence-corrected chi connectivity index (χ2v) is 7.44. The highest BCUT2D eigenvalue weighted by molar-refractivity contribution is 7.90. The molecule has 25 heavy (non-hydrogen) atoms. The minimum atomic E-state index is -4.14. The maximum absolute atomic E-state index is 13.1. The van der Waals surface area contributed by atoms with Crippen LogP contribution in [0.15, 0.2) is 41.4 Å². The molecular weight excluding hydrogens is 342 g/mol. The number of amides is 1. The molecule has 8 heteroatoms. The van der Waals surface area contributed by atoms with Gasteiger partial charge in [0.15, 0.2) is 11.6 Å². The zero-order chi connectivity index (χ0) is 18.4. The first kappa shape index (κ1) is 16.8. The Labute approximate surface area is 144 Å². The first-order valence-corrected chi connectivity index (χ1v) is 8.75. The lowest BCUT2D eigenvalue weighted by Gasteiger charge is -2.22. The molecule has 3 rings (SSSR count). The lowest BCUT2D eigenvalue weighted by atomic mass is 10.1. The molecule has 1 aliphatic rings. The molecule has 0 aliphatic carbocycles. The fraction of sp³-hybridized carbons (Fsp3) is 0.118. The van der Waals surface area contributed by atoms with Gasteiger partial charge in [0.2, 0.25) is 0 Å². The van der Waals surface area contributed by atoms with E-state index in [2.05, 4.69) is 0 Å². The van der Waals surface area contributed by atoms with Crippen molar-refractivity contribution in [1.29, 1.82) is 0 Å². The van der Waals surface area contributed by atoms with Crippen LogP contribution >= 0.6 is 0 Å². The van der Waals surface area contributed by atoms with Crippen molar-refractivity contribution in [2.24, 2.45) is 5.73 Å². The standard InChI is InChI=1S/C17H15N3O4S/c1-11-3-5-13(6-4-11)25(23,24)20-14(17(18)22)9-12-7-8-19(2)15(10-21)16(12)20/h3-9H,1-2H3,(H2,18,22). The van der Waals surface area contributed by atoms with Crippen molar-refractivity contribution in [2.45, 2.75) is 11.8 Å². The van der Waals surface area contributed by atoms with E-state index in [0.717, 1.165) is 9.54 Å². The monoisotopic (exact) mass is 357 g/mol. The summed E-state index contributed by atoms with van der Waals surface area (Å²) in [5, 5.41) is 0. The largest absolute Gasteiger partial charge is 0.364 e. The van der Waals surface area contributed by atoms with E-state index in [1.54, 1.807) is 37.4 Å². The zero-order valence-electron chi connectivity index (χ0n) is 13.6. The Bertz CT molecular complexity index is 1060. The van der Waals surface area contributed by atoms with E-state index in [0.29, 0.717) is 5.56 Å². The van der Waals surface area contributed by atoms with Crippen LogP contribution in [0.1, 0.15) is 27.3 Å². The highest BCUT2D eigenvalue weighted by Gasteiger charge is 2.32. The highest BCUT2D eigenvalue weighted by Crippen LogP contribution is 2.32. The van der Waals surface area contributed by atoms with Crippen molar-refractivity contribution in [3.8, 4) is 0 Å². The topological polar surface area (TPSA) is 102 Å². The van der Waals surface area contributed by atoms with Crippen molar-refractivity contribution in [3.05, 3.63) is 59.0 Å². The molecule has 2 heterocycles. The van der Waals surface area contributed by atoms with Crippen LogP contribution < -0.4 is 5.73 Å². The Balaban J connectivity index is 2.38. The van der Waals surface area contributed by atoms with Gasteiger partial charge in [0.25, 0.3) is 15.9 Å². The predicted octanol–water partition coefficient (Wildman–Crippen LogP) is 1.22. The average molecular weight is 357 g/mol. The molecule has 2 aromatic rings. The molecule has 128 valence electrons. The van der Waals surface area contributed by atoms with Crippen LogP contribution in [0.4, 0.5) is 0 Å². The molecule has 2 N–H and O–H groups in total. The van der Waals surface area contributed by atoms with Crippen LogP contribution in [0.3, 0.4) is 0 Å². The molecule has 1 amide bonds. The van der Waals surface area contributed by atoms with Crippen molar-refractivity contribution < 1.29 is 18.0 Å². The number of carbonyl (C=O) groups excluding carboxylic acids is 2. The quantitative estimate of drug-likeness (QED) is 0.832. The summed E-state index contributed by atoms with van der Waals surface area (Å²) in [5.74, 6) is 0.828. The van der Waals surface area contributed by atoms with Gasteiger partial charge in [-0.25, -0.2) is 17.2 Å². The van der Waals surface area contributed by atoms with Crippen molar-refractivity contribution in [1.82, 2.24) is 8.87 Å². The van der Waals surface area contributed by atoms with Crippen LogP contribution in [0, 0.1) is 6.92 Å². The molecular formula is C17H15N3O4S. The number of primary amides is 1. The van der Waals surface area contributed by atoms with Gasteiger partial charge in [-0.1, -0.05) is 17.7 Å². The number of nitrogens with zero attached hydrogens (tertiary/aromatic N) is 2. The van der Waals surface area contributed by atoms with Gasteiger partial charge in [0.05, 0.1) is 4.90 Å². The molecule has 0 fully saturated rings. The maximum Gasteiger partial charge on any atom is 0.268 e. The third-order valence-electron chi connectivity index (χ3n) is 3.95. The minimum absolute atomic E-state index is 0.000636. The summed E-state index contributed by atoms with van der Waals surface area (Å²) in [6.45, 7) is 1.83. The van der Waals surface area contributed by atoms with Crippen LogP contribution in [-0.4, -0.2) is 36.2 Å². The van der Waals surface area contributed by atoms with Gasteiger partial charge in [-0.05, 0) is 31.2 Å². The number of aryl methyl sites for hydroxylation is 1. The smallest absolute Gasteiger partial charge is 0.268 e. The van der Waals surface area contributed by atoms with E-state index < -0.39 is 15.9 Å². The van der Waals surface area contributed by atoms with Crippen LogP contribution in [0.2, 0.25) is 0 Å². The van der Waals surface area contributed by atoms with Gasteiger partial charge in [0.1, 0.15) is 11.4 Å². The zero-order valence-corrected chi connectivity index (χ0v) is 14.4. The second-order valence-electron chi connectivity index (χ2n) is 5.66. The number of fused-ring (bicyclic) bond motifs is 1. The van der Waals surface area contributed by atoms with Crippen LogP contribution in [-0.2, 0) is 14.8 Å². The summed E-state index contributed by atoms with van der Waals surface area (Å²) in [7, 11) is -2.56. The Kier molecular flexibility index (Phi) is 3.87. The molecule has 1 aliphatic heterocycles. The SMILES string of the molecule is Cc1ccc(S(=O)(=O)n2c(C(N)=O)cc3c2C(=C=O)N(C)C=C3)cc1. The molecule has 7 nitrogen and oxygen atoms in total. The van der Waals surface area contributed by atoms with E-state index in [-0.39, 0.29) is 22.0 Å². The van der Waals surface area contributed by atoms with Gasteiger partial charge >= 0.3 is 0 Å².